The lowest BCUT2D eigenvalue weighted by Gasteiger charge is -1.86. The highest BCUT2D eigenvalue weighted by molar-refractivity contribution is 5.55. The second-order valence-electron chi connectivity index (χ2n) is 1.91. The Kier molecular flexibility index (Phi) is 2.99. The van der Waals surface area contributed by atoms with Crippen molar-refractivity contribution < 1.29 is 4.79 Å². The maximum atomic E-state index is 9.90. The molecule has 56 valence electrons. The van der Waals surface area contributed by atoms with Crippen LogP contribution in [0.15, 0.2) is 24.5 Å². The number of carbonyl (C=O) groups is 1. The van der Waals surface area contributed by atoms with Crippen molar-refractivity contribution in [1.82, 2.24) is 9.97 Å². The Hall–Kier alpha value is -1.51. The molecule has 11 heavy (non-hydrogen) atoms. The van der Waals surface area contributed by atoms with Crippen LogP contribution in [0.5, 0.6) is 0 Å². The summed E-state index contributed by atoms with van der Waals surface area (Å²) in [7, 11) is 0. The zero-order valence-electron chi connectivity index (χ0n) is 5.97. The van der Waals surface area contributed by atoms with E-state index in [2.05, 4.69) is 9.97 Å². The van der Waals surface area contributed by atoms with Gasteiger partial charge in [-0.05, 0) is 12.1 Å². The van der Waals surface area contributed by atoms with Crippen molar-refractivity contribution >= 4 is 12.4 Å². The normalized spacial score (nSPS) is 10.2. The Morgan fingerprint density at radius 2 is 2.09 bits per heavy atom. The molecular formula is C8H8N2O. The Morgan fingerprint density at radius 3 is 2.73 bits per heavy atom. The molecule has 1 rings (SSSR count). The van der Waals surface area contributed by atoms with E-state index in [1.165, 1.54) is 0 Å². The Morgan fingerprint density at radius 1 is 1.36 bits per heavy atom. The average Bonchev–Trinajstić information content (AvgIpc) is 2.07. The third-order valence-electron chi connectivity index (χ3n) is 1.08. The topological polar surface area (TPSA) is 42.9 Å². The van der Waals surface area contributed by atoms with E-state index >= 15 is 0 Å². The van der Waals surface area contributed by atoms with E-state index in [0.29, 0.717) is 12.2 Å². The van der Waals surface area contributed by atoms with Crippen LogP contribution in [0.25, 0.3) is 6.08 Å². The van der Waals surface area contributed by atoms with Gasteiger partial charge in [-0.25, -0.2) is 9.97 Å². The van der Waals surface area contributed by atoms with Crippen LogP contribution in [0.1, 0.15) is 12.2 Å². The number of allylic oxidation sites excluding steroid dienone is 1. The molecule has 0 bridgehead atoms. The van der Waals surface area contributed by atoms with Crippen LogP contribution in [0.3, 0.4) is 0 Å². The van der Waals surface area contributed by atoms with Gasteiger partial charge in [-0.3, -0.25) is 0 Å². The highest BCUT2D eigenvalue weighted by Crippen LogP contribution is 1.91. The summed E-state index contributed by atoms with van der Waals surface area (Å²) in [6.45, 7) is 0. The minimum absolute atomic E-state index is 0.415. The molecule has 0 aliphatic carbocycles. The van der Waals surface area contributed by atoms with Crippen LogP contribution in [0.4, 0.5) is 0 Å². The van der Waals surface area contributed by atoms with Crippen LogP contribution < -0.4 is 0 Å². The Balaban J connectivity index is 2.57. The summed E-state index contributed by atoms with van der Waals surface area (Å²) >= 11 is 0. The molecule has 1 heterocycles. The molecule has 0 fully saturated rings. The first kappa shape index (κ1) is 7.60. The molecule has 1 aromatic rings. The third-order valence-corrected chi connectivity index (χ3v) is 1.08. The lowest BCUT2D eigenvalue weighted by Crippen LogP contribution is -1.82. The van der Waals surface area contributed by atoms with Crippen molar-refractivity contribution in [2.45, 2.75) is 6.42 Å². The van der Waals surface area contributed by atoms with Gasteiger partial charge >= 0.3 is 0 Å². The van der Waals surface area contributed by atoms with Crippen molar-refractivity contribution in [3.63, 3.8) is 0 Å². The first-order valence-corrected chi connectivity index (χ1v) is 3.30. The SMILES string of the molecule is O=CCC=Cc1ncccn1. The van der Waals surface area contributed by atoms with Crippen molar-refractivity contribution in [3.05, 3.63) is 30.4 Å². The highest BCUT2D eigenvalue weighted by atomic mass is 16.1. The van der Waals surface area contributed by atoms with E-state index in [9.17, 15) is 4.79 Å². The standard InChI is InChI=1S/C8H8N2O/c11-7-2-1-4-8-9-5-3-6-10-8/h1,3-7H,2H2. The maximum absolute atomic E-state index is 9.90. The van der Waals surface area contributed by atoms with Gasteiger partial charge in [0.15, 0.2) is 5.82 Å². The zero-order chi connectivity index (χ0) is 7.94. The number of rotatable bonds is 3. The predicted molar refractivity (Wildman–Crippen MR) is 41.7 cm³/mol. The minimum atomic E-state index is 0.415. The van der Waals surface area contributed by atoms with Crippen LogP contribution in [0.2, 0.25) is 0 Å². The second-order valence-corrected chi connectivity index (χ2v) is 1.91. The first-order chi connectivity index (χ1) is 5.43. The van der Waals surface area contributed by atoms with Crippen molar-refractivity contribution in [3.8, 4) is 0 Å². The second kappa shape index (κ2) is 4.33. The van der Waals surface area contributed by atoms with Crippen molar-refractivity contribution in [1.29, 1.82) is 0 Å². The van der Waals surface area contributed by atoms with E-state index in [-0.39, 0.29) is 0 Å². The van der Waals surface area contributed by atoms with Gasteiger partial charge in [0.1, 0.15) is 6.29 Å². The van der Waals surface area contributed by atoms with Gasteiger partial charge in [0.25, 0.3) is 0 Å². The summed E-state index contributed by atoms with van der Waals surface area (Å²) in [5.74, 6) is 0.634. The van der Waals surface area contributed by atoms with Crippen molar-refractivity contribution in [2.75, 3.05) is 0 Å². The molecule has 0 amide bonds. The lowest BCUT2D eigenvalue weighted by atomic mass is 10.4. The fourth-order valence-electron chi connectivity index (χ4n) is 0.626. The molecule has 0 saturated heterocycles. The van der Waals surface area contributed by atoms with Gasteiger partial charge in [-0.2, -0.15) is 0 Å². The lowest BCUT2D eigenvalue weighted by molar-refractivity contribution is -0.107. The Bertz CT molecular complexity index is 244. The van der Waals surface area contributed by atoms with Gasteiger partial charge < -0.3 is 4.79 Å². The molecular weight excluding hydrogens is 140 g/mol. The molecule has 0 aliphatic heterocycles. The number of aldehydes is 1. The monoisotopic (exact) mass is 148 g/mol. The van der Waals surface area contributed by atoms with Crippen LogP contribution >= 0.6 is 0 Å². The zero-order valence-corrected chi connectivity index (χ0v) is 5.97. The fourth-order valence-corrected chi connectivity index (χ4v) is 0.626. The number of hydrogen-bond acceptors (Lipinski definition) is 3. The summed E-state index contributed by atoms with van der Waals surface area (Å²) in [5, 5.41) is 0. The Labute approximate surface area is 64.8 Å². The molecule has 3 heteroatoms. The number of hydrogen-bond donors (Lipinski definition) is 0. The highest BCUT2D eigenvalue weighted by Gasteiger charge is 1.83. The summed E-state index contributed by atoms with van der Waals surface area (Å²) in [6.07, 6.45) is 8.01. The minimum Gasteiger partial charge on any atom is -0.303 e. The fraction of sp³-hybridized carbons (Fsp3) is 0.125. The molecule has 0 aliphatic rings. The molecule has 0 saturated carbocycles. The predicted octanol–water partition coefficient (Wildman–Crippen LogP) is 1.08. The number of carbonyl (C=O) groups excluding carboxylic acids is 1. The summed E-state index contributed by atoms with van der Waals surface area (Å²) in [4.78, 5) is 17.8. The first-order valence-electron chi connectivity index (χ1n) is 3.30. The molecule has 0 atom stereocenters. The van der Waals surface area contributed by atoms with Crippen LogP contribution in [0, 0.1) is 0 Å². The van der Waals surface area contributed by atoms with E-state index in [1.54, 1.807) is 30.6 Å². The number of aromatic nitrogens is 2. The van der Waals surface area contributed by atoms with Gasteiger partial charge in [0.2, 0.25) is 0 Å². The third kappa shape index (κ3) is 2.71. The molecule has 1 aromatic heterocycles. The largest absolute Gasteiger partial charge is 0.303 e. The average molecular weight is 148 g/mol. The van der Waals surface area contributed by atoms with E-state index < -0.39 is 0 Å². The van der Waals surface area contributed by atoms with Crippen LogP contribution in [-0.2, 0) is 4.79 Å². The summed E-state index contributed by atoms with van der Waals surface area (Å²) in [6, 6.07) is 1.75. The smallest absolute Gasteiger partial charge is 0.151 e. The molecule has 0 unspecified atom stereocenters. The quantitative estimate of drug-likeness (QED) is 0.602. The molecule has 3 nitrogen and oxygen atoms in total. The molecule has 0 N–H and O–H groups in total. The molecule has 0 aromatic carbocycles. The van der Waals surface area contributed by atoms with E-state index in [4.69, 9.17) is 0 Å². The van der Waals surface area contributed by atoms with Gasteiger partial charge in [-0.1, -0.05) is 6.08 Å². The maximum Gasteiger partial charge on any atom is 0.151 e. The van der Waals surface area contributed by atoms with E-state index in [0.717, 1.165) is 6.29 Å². The molecule has 0 spiro atoms. The van der Waals surface area contributed by atoms with Gasteiger partial charge in [0, 0.05) is 18.8 Å². The van der Waals surface area contributed by atoms with Gasteiger partial charge in [0.05, 0.1) is 0 Å². The van der Waals surface area contributed by atoms with E-state index in [1.807, 2.05) is 0 Å². The number of nitrogens with zero attached hydrogens (tertiary/aromatic N) is 2. The van der Waals surface area contributed by atoms with Gasteiger partial charge in [-0.15, -0.1) is 0 Å². The van der Waals surface area contributed by atoms with Crippen LogP contribution in [-0.4, -0.2) is 16.3 Å². The van der Waals surface area contributed by atoms with Crippen molar-refractivity contribution in [2.24, 2.45) is 0 Å². The summed E-state index contributed by atoms with van der Waals surface area (Å²) in [5.41, 5.74) is 0. The molecule has 0 radical (unpaired) electrons. The summed E-state index contributed by atoms with van der Waals surface area (Å²) < 4.78 is 0.